The van der Waals surface area contributed by atoms with Crippen molar-refractivity contribution in [2.24, 2.45) is 5.41 Å². The predicted molar refractivity (Wildman–Crippen MR) is 77.1 cm³/mol. The van der Waals surface area contributed by atoms with Crippen molar-refractivity contribution in [3.05, 3.63) is 0 Å². The van der Waals surface area contributed by atoms with E-state index in [1.165, 1.54) is 19.3 Å². The number of nitrogens with one attached hydrogen (secondary N) is 1. The fourth-order valence-corrected chi connectivity index (χ4v) is 4.27. The molecule has 0 aromatic rings. The Labute approximate surface area is 121 Å². The van der Waals surface area contributed by atoms with Gasteiger partial charge in [-0.1, -0.05) is 25.7 Å². The summed E-state index contributed by atoms with van der Waals surface area (Å²) in [6.07, 6.45) is 9.19. The molecular weight excluding hydrogens is 252 g/mol. The molecule has 4 heteroatoms. The van der Waals surface area contributed by atoms with Gasteiger partial charge in [0.1, 0.15) is 0 Å². The number of imide groups is 1. The summed E-state index contributed by atoms with van der Waals surface area (Å²) in [7, 11) is 0. The van der Waals surface area contributed by atoms with Crippen LogP contribution in [0, 0.1) is 5.41 Å². The molecular formula is C16H26N2O2. The van der Waals surface area contributed by atoms with Crippen LogP contribution in [0.5, 0.6) is 0 Å². The highest BCUT2D eigenvalue weighted by molar-refractivity contribution is 6.06. The molecule has 2 saturated heterocycles. The van der Waals surface area contributed by atoms with E-state index in [0.717, 1.165) is 32.1 Å². The number of likely N-dealkylation sites (tertiary alicyclic amines) is 1. The lowest BCUT2D eigenvalue weighted by atomic mass is 9.73. The fraction of sp³-hybridized carbons (Fsp3) is 0.875. The SMILES string of the molecule is CC1CCCC(CN2C(=O)CC3(CCCCC3)C2=O)N1. The van der Waals surface area contributed by atoms with Gasteiger partial charge in [0.25, 0.3) is 0 Å². The van der Waals surface area contributed by atoms with Gasteiger partial charge in [-0.25, -0.2) is 0 Å². The maximum Gasteiger partial charge on any atom is 0.235 e. The molecule has 3 aliphatic rings. The van der Waals surface area contributed by atoms with Crippen LogP contribution in [-0.2, 0) is 9.59 Å². The van der Waals surface area contributed by atoms with Gasteiger partial charge in [0, 0.05) is 25.0 Å². The molecule has 20 heavy (non-hydrogen) atoms. The zero-order valence-electron chi connectivity index (χ0n) is 12.5. The first-order valence-electron chi connectivity index (χ1n) is 8.22. The summed E-state index contributed by atoms with van der Waals surface area (Å²) >= 11 is 0. The van der Waals surface area contributed by atoms with Crippen LogP contribution in [-0.4, -0.2) is 35.3 Å². The van der Waals surface area contributed by atoms with Crippen LogP contribution < -0.4 is 5.32 Å². The topological polar surface area (TPSA) is 49.4 Å². The Hall–Kier alpha value is -0.900. The number of amides is 2. The number of carbonyl (C=O) groups excluding carboxylic acids is 2. The van der Waals surface area contributed by atoms with Crippen LogP contribution in [0.3, 0.4) is 0 Å². The summed E-state index contributed by atoms with van der Waals surface area (Å²) in [6, 6.07) is 0.801. The third-order valence-corrected chi connectivity index (χ3v) is 5.41. The second-order valence-electron chi connectivity index (χ2n) is 7.02. The normalized spacial score (nSPS) is 34.0. The summed E-state index contributed by atoms with van der Waals surface area (Å²) in [5, 5.41) is 3.53. The van der Waals surface area contributed by atoms with Gasteiger partial charge in [-0.15, -0.1) is 0 Å². The number of nitrogens with zero attached hydrogens (tertiary/aromatic N) is 1. The first kappa shape index (κ1) is 14.1. The molecule has 4 nitrogen and oxygen atoms in total. The van der Waals surface area contributed by atoms with Gasteiger partial charge in [-0.05, 0) is 32.6 Å². The number of rotatable bonds is 2. The van der Waals surface area contributed by atoms with Gasteiger partial charge >= 0.3 is 0 Å². The van der Waals surface area contributed by atoms with Crippen molar-refractivity contribution >= 4 is 11.8 Å². The number of carbonyl (C=O) groups is 2. The van der Waals surface area contributed by atoms with Gasteiger partial charge in [-0.2, -0.15) is 0 Å². The molecule has 2 heterocycles. The zero-order chi connectivity index (χ0) is 14.2. The minimum absolute atomic E-state index is 0.0666. The Bertz CT molecular complexity index is 401. The Morgan fingerprint density at radius 2 is 1.90 bits per heavy atom. The molecule has 1 N–H and O–H groups in total. The van der Waals surface area contributed by atoms with Crippen molar-refractivity contribution in [3.8, 4) is 0 Å². The van der Waals surface area contributed by atoms with E-state index >= 15 is 0 Å². The molecule has 112 valence electrons. The zero-order valence-corrected chi connectivity index (χ0v) is 12.5. The lowest BCUT2D eigenvalue weighted by Crippen LogP contribution is -2.49. The van der Waals surface area contributed by atoms with Crippen molar-refractivity contribution in [1.82, 2.24) is 10.2 Å². The standard InChI is InChI=1S/C16H26N2O2/c1-12-6-5-7-13(17-12)11-18-14(19)10-16(15(18)20)8-3-2-4-9-16/h12-13,17H,2-11H2,1H3. The first-order valence-corrected chi connectivity index (χ1v) is 8.22. The lowest BCUT2D eigenvalue weighted by molar-refractivity contribution is -0.142. The molecule has 0 bridgehead atoms. The molecule has 2 aliphatic heterocycles. The number of piperidine rings is 1. The van der Waals surface area contributed by atoms with Crippen LogP contribution in [0.25, 0.3) is 0 Å². The molecule has 3 rings (SSSR count). The van der Waals surface area contributed by atoms with E-state index in [-0.39, 0.29) is 17.2 Å². The molecule has 2 atom stereocenters. The van der Waals surface area contributed by atoms with E-state index < -0.39 is 0 Å². The fourth-order valence-electron chi connectivity index (χ4n) is 4.27. The van der Waals surface area contributed by atoms with Crippen molar-refractivity contribution in [2.75, 3.05) is 6.54 Å². The quantitative estimate of drug-likeness (QED) is 0.788. The third kappa shape index (κ3) is 2.50. The van der Waals surface area contributed by atoms with Crippen molar-refractivity contribution in [2.45, 2.75) is 76.8 Å². The smallest absolute Gasteiger partial charge is 0.235 e. The summed E-state index contributed by atoms with van der Waals surface area (Å²) in [4.78, 5) is 26.6. The summed E-state index contributed by atoms with van der Waals surface area (Å²) in [5.74, 6) is 0.194. The maximum atomic E-state index is 12.7. The summed E-state index contributed by atoms with van der Waals surface area (Å²) in [6.45, 7) is 2.77. The summed E-state index contributed by atoms with van der Waals surface area (Å²) < 4.78 is 0. The second-order valence-corrected chi connectivity index (χ2v) is 7.02. The summed E-state index contributed by atoms with van der Waals surface area (Å²) in [5.41, 5.74) is -0.324. The van der Waals surface area contributed by atoms with Gasteiger partial charge in [0.2, 0.25) is 11.8 Å². The highest BCUT2D eigenvalue weighted by Gasteiger charge is 2.51. The Morgan fingerprint density at radius 1 is 1.15 bits per heavy atom. The predicted octanol–water partition coefficient (Wildman–Crippen LogP) is 2.23. The number of hydrogen-bond acceptors (Lipinski definition) is 3. The highest BCUT2D eigenvalue weighted by atomic mass is 16.2. The van der Waals surface area contributed by atoms with E-state index in [1.807, 2.05) is 0 Å². The highest BCUT2D eigenvalue weighted by Crippen LogP contribution is 2.45. The molecule has 0 aromatic carbocycles. The van der Waals surface area contributed by atoms with Gasteiger partial charge < -0.3 is 5.32 Å². The van der Waals surface area contributed by atoms with Gasteiger partial charge in [0.15, 0.2) is 0 Å². The van der Waals surface area contributed by atoms with Crippen LogP contribution in [0.15, 0.2) is 0 Å². The molecule has 1 saturated carbocycles. The molecule has 1 spiro atoms. The Balaban J connectivity index is 1.67. The van der Waals surface area contributed by atoms with E-state index in [9.17, 15) is 9.59 Å². The average Bonchev–Trinajstić information content (AvgIpc) is 2.64. The second kappa shape index (κ2) is 5.47. The molecule has 0 aromatic heterocycles. The van der Waals surface area contributed by atoms with E-state index in [0.29, 0.717) is 25.0 Å². The van der Waals surface area contributed by atoms with E-state index in [2.05, 4.69) is 12.2 Å². The largest absolute Gasteiger partial charge is 0.310 e. The molecule has 2 amide bonds. The minimum atomic E-state index is -0.324. The molecule has 0 radical (unpaired) electrons. The van der Waals surface area contributed by atoms with E-state index in [1.54, 1.807) is 4.90 Å². The monoisotopic (exact) mass is 278 g/mol. The molecule has 1 aliphatic carbocycles. The van der Waals surface area contributed by atoms with Crippen LogP contribution in [0.4, 0.5) is 0 Å². The van der Waals surface area contributed by atoms with Crippen LogP contribution in [0.1, 0.15) is 64.7 Å². The van der Waals surface area contributed by atoms with Crippen molar-refractivity contribution < 1.29 is 9.59 Å². The maximum absolute atomic E-state index is 12.7. The third-order valence-electron chi connectivity index (χ3n) is 5.41. The average molecular weight is 278 g/mol. The molecule has 3 fully saturated rings. The number of hydrogen-bond donors (Lipinski definition) is 1. The van der Waals surface area contributed by atoms with Crippen LogP contribution >= 0.6 is 0 Å². The molecule has 2 unspecified atom stereocenters. The van der Waals surface area contributed by atoms with E-state index in [4.69, 9.17) is 0 Å². The minimum Gasteiger partial charge on any atom is -0.310 e. The van der Waals surface area contributed by atoms with Gasteiger partial charge in [-0.3, -0.25) is 14.5 Å². The van der Waals surface area contributed by atoms with Gasteiger partial charge in [0.05, 0.1) is 5.41 Å². The Kier molecular flexibility index (Phi) is 3.85. The first-order chi connectivity index (χ1) is 9.61. The van der Waals surface area contributed by atoms with Crippen LogP contribution in [0.2, 0.25) is 0 Å². The van der Waals surface area contributed by atoms with Crippen molar-refractivity contribution in [1.29, 1.82) is 0 Å². The Morgan fingerprint density at radius 3 is 2.60 bits per heavy atom. The lowest BCUT2D eigenvalue weighted by Gasteiger charge is -2.33. The van der Waals surface area contributed by atoms with Crippen molar-refractivity contribution in [3.63, 3.8) is 0 Å².